The van der Waals surface area contributed by atoms with Crippen molar-refractivity contribution in [2.24, 2.45) is 0 Å². The van der Waals surface area contributed by atoms with Gasteiger partial charge in [0.25, 0.3) is 15.9 Å². The molecule has 0 aromatic heterocycles. The lowest BCUT2D eigenvalue weighted by Crippen LogP contribution is -2.42. The molecule has 1 atom stereocenters. The fourth-order valence-corrected chi connectivity index (χ4v) is 4.51. The molecule has 3 aromatic rings. The number of benzene rings is 3. The normalized spacial score (nSPS) is 11.8. The van der Waals surface area contributed by atoms with Gasteiger partial charge in [-0.05, 0) is 85.9 Å². The number of sulfonamides is 1. The minimum Gasteiger partial charge on any atom is -0.497 e. The van der Waals surface area contributed by atoms with Crippen LogP contribution >= 0.6 is 35.4 Å². The quantitative estimate of drug-likeness (QED) is 0.334. The Morgan fingerprint density at radius 3 is 2.20 bits per heavy atom. The van der Waals surface area contributed by atoms with E-state index in [2.05, 4.69) is 15.4 Å². The lowest BCUT2D eigenvalue weighted by Gasteiger charge is -2.17. The number of thiocarbonyl (C=S) groups is 1. The summed E-state index contributed by atoms with van der Waals surface area (Å²) in [6, 6.07) is 17.0. The van der Waals surface area contributed by atoms with Crippen molar-refractivity contribution in [2.75, 3.05) is 17.1 Å². The molecule has 0 fully saturated rings. The first-order chi connectivity index (χ1) is 16.6. The fourth-order valence-electron chi connectivity index (χ4n) is 2.78. The summed E-state index contributed by atoms with van der Waals surface area (Å²) in [6.45, 7) is 1.54. The lowest BCUT2D eigenvalue weighted by molar-refractivity contribution is -0.125. The minimum atomic E-state index is -3.80. The van der Waals surface area contributed by atoms with E-state index in [-0.39, 0.29) is 15.0 Å². The van der Waals surface area contributed by atoms with Crippen molar-refractivity contribution in [3.05, 3.63) is 76.8 Å². The van der Waals surface area contributed by atoms with Gasteiger partial charge in [0.1, 0.15) is 11.5 Å². The maximum atomic E-state index is 12.6. The highest BCUT2D eigenvalue weighted by Crippen LogP contribution is 2.28. The van der Waals surface area contributed by atoms with E-state index >= 15 is 0 Å². The van der Waals surface area contributed by atoms with Crippen LogP contribution in [-0.4, -0.2) is 32.7 Å². The molecule has 8 nitrogen and oxygen atoms in total. The van der Waals surface area contributed by atoms with Gasteiger partial charge in [0.15, 0.2) is 11.2 Å². The van der Waals surface area contributed by atoms with Gasteiger partial charge in [-0.1, -0.05) is 23.2 Å². The number of nitrogens with one attached hydrogen (secondary N) is 3. The molecule has 35 heavy (non-hydrogen) atoms. The summed E-state index contributed by atoms with van der Waals surface area (Å²) in [4.78, 5) is 12.4. The molecule has 3 rings (SSSR count). The molecular formula is C23H21Cl2N3O5S2. The largest absolute Gasteiger partial charge is 0.497 e. The van der Waals surface area contributed by atoms with E-state index in [9.17, 15) is 13.2 Å². The molecule has 3 N–H and O–H groups in total. The van der Waals surface area contributed by atoms with E-state index in [0.717, 1.165) is 0 Å². The van der Waals surface area contributed by atoms with Gasteiger partial charge in [0.2, 0.25) is 0 Å². The molecule has 1 unspecified atom stereocenters. The van der Waals surface area contributed by atoms with E-state index in [1.54, 1.807) is 43.3 Å². The summed E-state index contributed by atoms with van der Waals surface area (Å²) < 4.78 is 38.4. The van der Waals surface area contributed by atoms with Gasteiger partial charge in [-0.25, -0.2) is 8.42 Å². The number of carbonyl (C=O) groups is 1. The molecule has 3 aromatic carbocycles. The van der Waals surface area contributed by atoms with Crippen molar-refractivity contribution in [1.82, 2.24) is 5.32 Å². The van der Waals surface area contributed by atoms with E-state index in [4.69, 9.17) is 44.9 Å². The lowest BCUT2D eigenvalue weighted by atomic mass is 10.3. The highest BCUT2D eigenvalue weighted by Gasteiger charge is 2.18. The fraction of sp³-hybridized carbons (Fsp3) is 0.130. The minimum absolute atomic E-state index is 0.0135. The first-order valence-corrected chi connectivity index (χ1v) is 12.7. The summed E-state index contributed by atoms with van der Waals surface area (Å²) in [7, 11) is -2.28. The summed E-state index contributed by atoms with van der Waals surface area (Å²) >= 11 is 17.1. The summed E-state index contributed by atoms with van der Waals surface area (Å²) in [5.74, 6) is 0.412. The van der Waals surface area contributed by atoms with Gasteiger partial charge in [0, 0.05) is 16.4 Å². The zero-order valence-electron chi connectivity index (χ0n) is 18.5. The van der Waals surface area contributed by atoms with Crippen molar-refractivity contribution in [1.29, 1.82) is 0 Å². The maximum absolute atomic E-state index is 12.6. The number of methoxy groups -OCH3 is 1. The van der Waals surface area contributed by atoms with Gasteiger partial charge in [-0.2, -0.15) is 0 Å². The smallest absolute Gasteiger partial charge is 0.266 e. The molecule has 0 aliphatic heterocycles. The highest BCUT2D eigenvalue weighted by atomic mass is 35.5. The Bertz CT molecular complexity index is 1320. The van der Waals surface area contributed by atoms with Gasteiger partial charge >= 0.3 is 0 Å². The predicted octanol–water partition coefficient (Wildman–Crippen LogP) is 5.08. The third kappa shape index (κ3) is 7.46. The molecule has 0 heterocycles. The first kappa shape index (κ1) is 26.6. The van der Waals surface area contributed by atoms with E-state index < -0.39 is 22.0 Å². The van der Waals surface area contributed by atoms with E-state index in [1.807, 2.05) is 0 Å². The van der Waals surface area contributed by atoms with Crippen LogP contribution in [-0.2, 0) is 14.8 Å². The topological polar surface area (TPSA) is 106 Å². The average Bonchev–Trinajstić information content (AvgIpc) is 2.81. The van der Waals surface area contributed by atoms with Crippen LogP contribution in [0.4, 0.5) is 11.4 Å². The number of ether oxygens (including phenoxy) is 2. The van der Waals surface area contributed by atoms with Crippen LogP contribution in [0.1, 0.15) is 6.92 Å². The third-order valence-corrected chi connectivity index (χ3v) is 6.70. The molecule has 184 valence electrons. The van der Waals surface area contributed by atoms with Gasteiger partial charge in [-0.3, -0.25) is 14.8 Å². The second-order valence-corrected chi connectivity index (χ2v) is 10.1. The zero-order chi connectivity index (χ0) is 25.6. The summed E-state index contributed by atoms with van der Waals surface area (Å²) in [5, 5.41) is 6.07. The Labute approximate surface area is 218 Å². The highest BCUT2D eigenvalue weighted by molar-refractivity contribution is 7.92. The van der Waals surface area contributed by atoms with Gasteiger partial charge in [0.05, 0.1) is 17.0 Å². The van der Waals surface area contributed by atoms with Crippen LogP contribution in [0.2, 0.25) is 10.0 Å². The number of halogens is 2. The second-order valence-electron chi connectivity index (χ2n) is 7.14. The first-order valence-electron chi connectivity index (χ1n) is 10.1. The molecule has 1 amide bonds. The summed E-state index contributed by atoms with van der Waals surface area (Å²) in [6.07, 6.45) is -0.898. The van der Waals surface area contributed by atoms with Crippen molar-refractivity contribution >= 4 is 67.8 Å². The SMILES string of the molecule is COc1ccc(NS(=O)(=O)c2ccc(NC(=S)NC(=O)C(C)Oc3ccc(Cl)cc3Cl)cc2)cc1. The Morgan fingerprint density at radius 2 is 1.60 bits per heavy atom. The predicted molar refractivity (Wildman–Crippen MR) is 141 cm³/mol. The number of hydrogen-bond acceptors (Lipinski definition) is 6. The zero-order valence-corrected chi connectivity index (χ0v) is 21.7. The standard InChI is InChI=1S/C23H21Cl2N3O5S2/c1-14(33-21-12-3-15(24)13-20(21)25)22(29)27-23(34)26-16-6-10-19(11-7-16)35(30,31)28-17-4-8-18(32-2)9-5-17/h3-14,28H,1-2H3,(H2,26,27,29,34). The molecule has 0 aliphatic rings. The van der Waals surface area contributed by atoms with Crippen LogP contribution in [0.3, 0.4) is 0 Å². The van der Waals surface area contributed by atoms with Crippen molar-refractivity contribution in [2.45, 2.75) is 17.9 Å². The molecule has 0 aliphatic carbocycles. The molecule has 0 spiro atoms. The molecular weight excluding hydrogens is 533 g/mol. The molecule has 0 radical (unpaired) electrons. The van der Waals surface area contributed by atoms with Crippen LogP contribution in [0.25, 0.3) is 0 Å². The molecule has 12 heteroatoms. The number of carbonyl (C=O) groups excluding carboxylic acids is 1. The Balaban J connectivity index is 1.56. The monoisotopic (exact) mass is 553 g/mol. The van der Waals surface area contributed by atoms with Crippen molar-refractivity contribution in [3.63, 3.8) is 0 Å². The maximum Gasteiger partial charge on any atom is 0.266 e. The Hall–Kier alpha value is -3.05. The molecule has 0 saturated carbocycles. The summed E-state index contributed by atoms with van der Waals surface area (Å²) in [5.41, 5.74) is 0.876. The molecule has 0 saturated heterocycles. The van der Waals surface area contributed by atoms with Gasteiger partial charge < -0.3 is 14.8 Å². The van der Waals surface area contributed by atoms with Crippen LogP contribution < -0.4 is 24.8 Å². The number of rotatable bonds is 8. The number of hydrogen-bond donors (Lipinski definition) is 3. The Morgan fingerprint density at radius 1 is 0.971 bits per heavy atom. The second kappa shape index (κ2) is 11.6. The van der Waals surface area contributed by atoms with Crippen LogP contribution in [0, 0.1) is 0 Å². The number of amides is 1. The van der Waals surface area contributed by atoms with E-state index in [1.165, 1.54) is 37.4 Å². The number of anilines is 2. The van der Waals surface area contributed by atoms with Crippen LogP contribution in [0.15, 0.2) is 71.6 Å². The van der Waals surface area contributed by atoms with Crippen molar-refractivity contribution in [3.8, 4) is 11.5 Å². The van der Waals surface area contributed by atoms with Crippen LogP contribution in [0.5, 0.6) is 11.5 Å². The van der Waals surface area contributed by atoms with E-state index in [0.29, 0.717) is 27.9 Å². The van der Waals surface area contributed by atoms with Gasteiger partial charge in [-0.15, -0.1) is 0 Å². The van der Waals surface area contributed by atoms with Crippen molar-refractivity contribution < 1.29 is 22.7 Å². The Kier molecular flexibility index (Phi) is 8.79. The average molecular weight is 554 g/mol. The third-order valence-electron chi connectivity index (χ3n) is 4.57. The molecule has 0 bridgehead atoms.